The second kappa shape index (κ2) is 6.66. The van der Waals surface area contributed by atoms with E-state index in [9.17, 15) is 9.18 Å². The van der Waals surface area contributed by atoms with E-state index in [1.165, 1.54) is 6.07 Å². The van der Waals surface area contributed by atoms with Crippen LogP contribution in [-0.4, -0.2) is 17.8 Å². The summed E-state index contributed by atoms with van der Waals surface area (Å²) in [5, 5.41) is 0. The Morgan fingerprint density at radius 3 is 2.40 bits per heavy atom. The number of amides is 1. The molecule has 0 fully saturated rings. The largest absolute Gasteiger partial charge is 0.315 e. The predicted molar refractivity (Wildman–Crippen MR) is 82.7 cm³/mol. The maximum absolute atomic E-state index is 13.6. The minimum atomic E-state index is -0.454. The lowest BCUT2D eigenvalue weighted by atomic mass is 10.1. The smallest absolute Gasteiger partial charge is 0.240 e. The van der Waals surface area contributed by atoms with Crippen molar-refractivity contribution in [2.24, 2.45) is 0 Å². The summed E-state index contributed by atoms with van der Waals surface area (Å²) >= 11 is 3.35. The Kier molecular flexibility index (Phi) is 4.90. The summed E-state index contributed by atoms with van der Waals surface area (Å²) < 4.78 is 13.6. The van der Waals surface area contributed by atoms with Gasteiger partial charge in [-0.1, -0.05) is 52.3 Å². The summed E-state index contributed by atoms with van der Waals surface area (Å²) in [6.07, 6.45) is 0.322. The highest BCUT2D eigenvalue weighted by molar-refractivity contribution is 9.10. The average Bonchev–Trinajstić information content (AvgIpc) is 2.49. The Hall–Kier alpha value is -1.68. The normalized spacial score (nSPS) is 11.9. The Morgan fingerprint density at radius 2 is 1.75 bits per heavy atom. The lowest BCUT2D eigenvalue weighted by Gasteiger charge is -2.20. The third kappa shape index (κ3) is 3.45. The fourth-order valence-electron chi connectivity index (χ4n) is 1.93. The summed E-state index contributed by atoms with van der Waals surface area (Å²) in [5.74, 6) is -0.383. The molecule has 0 heterocycles. The van der Waals surface area contributed by atoms with Gasteiger partial charge in [-0.15, -0.1) is 0 Å². The number of halogens is 2. The number of rotatable bonds is 4. The number of carbonyl (C=O) groups excluding carboxylic acids is 1. The van der Waals surface area contributed by atoms with E-state index in [0.717, 1.165) is 5.69 Å². The first kappa shape index (κ1) is 14.7. The summed E-state index contributed by atoms with van der Waals surface area (Å²) in [5.41, 5.74) is 1.35. The van der Waals surface area contributed by atoms with E-state index in [-0.39, 0.29) is 11.7 Å². The van der Waals surface area contributed by atoms with E-state index in [2.05, 4.69) is 15.9 Å². The van der Waals surface area contributed by atoms with E-state index in [0.29, 0.717) is 12.0 Å². The lowest BCUT2D eigenvalue weighted by Crippen LogP contribution is -2.34. The van der Waals surface area contributed by atoms with Gasteiger partial charge in [-0.05, 0) is 30.2 Å². The molecular formula is C16H15BrFNO. The number of benzene rings is 2. The van der Waals surface area contributed by atoms with Crippen LogP contribution in [-0.2, 0) is 11.2 Å². The number of hydrogen-bond acceptors (Lipinski definition) is 1. The van der Waals surface area contributed by atoms with Crippen molar-refractivity contribution < 1.29 is 9.18 Å². The van der Waals surface area contributed by atoms with Crippen molar-refractivity contribution in [1.29, 1.82) is 0 Å². The molecule has 2 aromatic carbocycles. The first-order valence-electron chi connectivity index (χ1n) is 6.29. The van der Waals surface area contributed by atoms with Gasteiger partial charge in [0, 0.05) is 12.7 Å². The van der Waals surface area contributed by atoms with Crippen molar-refractivity contribution in [3.8, 4) is 0 Å². The van der Waals surface area contributed by atoms with Crippen LogP contribution >= 0.6 is 15.9 Å². The number of hydrogen-bond donors (Lipinski definition) is 0. The van der Waals surface area contributed by atoms with Gasteiger partial charge in [0.1, 0.15) is 5.82 Å². The highest BCUT2D eigenvalue weighted by atomic mass is 79.9. The Balaban J connectivity index is 2.08. The minimum Gasteiger partial charge on any atom is -0.315 e. The van der Waals surface area contributed by atoms with Gasteiger partial charge in [-0.3, -0.25) is 4.79 Å². The molecule has 104 valence electrons. The van der Waals surface area contributed by atoms with Crippen LogP contribution in [0, 0.1) is 5.82 Å². The zero-order chi connectivity index (χ0) is 14.5. The zero-order valence-electron chi connectivity index (χ0n) is 11.1. The number of alkyl halides is 1. The van der Waals surface area contributed by atoms with Crippen molar-refractivity contribution in [2.75, 3.05) is 11.9 Å². The lowest BCUT2D eigenvalue weighted by molar-refractivity contribution is -0.117. The highest BCUT2D eigenvalue weighted by Gasteiger charge is 2.21. The van der Waals surface area contributed by atoms with Crippen LogP contribution in [0.2, 0.25) is 0 Å². The van der Waals surface area contributed by atoms with Gasteiger partial charge in [-0.25, -0.2) is 4.39 Å². The maximum Gasteiger partial charge on any atom is 0.240 e. The first-order chi connectivity index (χ1) is 9.59. The van der Waals surface area contributed by atoms with Crippen molar-refractivity contribution in [1.82, 2.24) is 0 Å². The first-order valence-corrected chi connectivity index (χ1v) is 7.21. The van der Waals surface area contributed by atoms with Crippen molar-refractivity contribution >= 4 is 27.5 Å². The van der Waals surface area contributed by atoms with Crippen LogP contribution in [0.4, 0.5) is 10.1 Å². The summed E-state index contributed by atoms with van der Waals surface area (Å²) in [6.45, 7) is 0. The molecule has 0 aromatic heterocycles. The van der Waals surface area contributed by atoms with E-state index >= 15 is 0 Å². The molecule has 0 radical (unpaired) electrons. The quantitative estimate of drug-likeness (QED) is 0.778. The summed E-state index contributed by atoms with van der Waals surface area (Å²) in [6, 6.07) is 15.9. The van der Waals surface area contributed by atoms with Gasteiger partial charge in [0.25, 0.3) is 0 Å². The predicted octanol–water partition coefficient (Wildman–Crippen LogP) is 3.79. The molecule has 4 heteroatoms. The molecule has 0 saturated carbocycles. The molecule has 0 aliphatic carbocycles. The second-order valence-corrected chi connectivity index (χ2v) is 5.60. The van der Waals surface area contributed by atoms with Gasteiger partial charge in [-0.2, -0.15) is 0 Å². The molecule has 2 aromatic rings. The van der Waals surface area contributed by atoms with Crippen molar-refractivity contribution in [3.05, 3.63) is 66.0 Å². The molecule has 2 rings (SSSR count). The Bertz CT molecular complexity index is 588. The van der Waals surface area contributed by atoms with Gasteiger partial charge in [0.15, 0.2) is 0 Å². The van der Waals surface area contributed by atoms with E-state index in [4.69, 9.17) is 0 Å². The molecule has 0 spiro atoms. The SMILES string of the molecule is CN(C(=O)C(Br)Cc1ccccc1F)c1ccccc1. The van der Waals surface area contributed by atoms with E-state index in [1.54, 1.807) is 30.1 Å². The fraction of sp³-hybridized carbons (Fsp3) is 0.188. The molecule has 0 bridgehead atoms. The Morgan fingerprint density at radius 1 is 1.15 bits per heavy atom. The molecule has 0 aliphatic rings. The minimum absolute atomic E-state index is 0.0977. The molecular weight excluding hydrogens is 321 g/mol. The molecule has 0 saturated heterocycles. The van der Waals surface area contributed by atoms with Crippen LogP contribution in [0.3, 0.4) is 0 Å². The van der Waals surface area contributed by atoms with Gasteiger partial charge in [0.05, 0.1) is 4.83 Å². The Labute approximate surface area is 126 Å². The van der Waals surface area contributed by atoms with Crippen molar-refractivity contribution in [2.45, 2.75) is 11.2 Å². The van der Waals surface area contributed by atoms with Crippen LogP contribution in [0.15, 0.2) is 54.6 Å². The maximum atomic E-state index is 13.6. The fourth-order valence-corrected chi connectivity index (χ4v) is 2.59. The number of anilines is 1. The topological polar surface area (TPSA) is 20.3 Å². The summed E-state index contributed by atoms with van der Waals surface area (Å²) in [4.78, 5) is 13.4. The molecule has 2 nitrogen and oxygen atoms in total. The molecule has 20 heavy (non-hydrogen) atoms. The number of para-hydroxylation sites is 1. The van der Waals surface area contributed by atoms with E-state index < -0.39 is 4.83 Å². The van der Waals surface area contributed by atoms with Crippen LogP contribution < -0.4 is 4.90 Å². The molecule has 0 aliphatic heterocycles. The summed E-state index contributed by atoms with van der Waals surface area (Å²) in [7, 11) is 1.72. The van der Waals surface area contributed by atoms with Crippen LogP contribution in [0.1, 0.15) is 5.56 Å². The van der Waals surface area contributed by atoms with Gasteiger partial charge >= 0.3 is 0 Å². The van der Waals surface area contributed by atoms with Crippen molar-refractivity contribution in [3.63, 3.8) is 0 Å². The third-order valence-electron chi connectivity index (χ3n) is 3.10. The molecule has 1 atom stereocenters. The third-order valence-corrected chi connectivity index (χ3v) is 3.81. The second-order valence-electron chi connectivity index (χ2n) is 4.50. The van der Waals surface area contributed by atoms with Crippen LogP contribution in [0.25, 0.3) is 0 Å². The monoisotopic (exact) mass is 335 g/mol. The van der Waals surface area contributed by atoms with Gasteiger partial charge < -0.3 is 4.90 Å². The van der Waals surface area contributed by atoms with Gasteiger partial charge in [0.2, 0.25) is 5.91 Å². The number of carbonyl (C=O) groups is 1. The average molecular weight is 336 g/mol. The van der Waals surface area contributed by atoms with E-state index in [1.807, 2.05) is 30.3 Å². The number of nitrogens with zero attached hydrogens (tertiary/aromatic N) is 1. The zero-order valence-corrected chi connectivity index (χ0v) is 12.7. The molecule has 1 amide bonds. The molecule has 1 unspecified atom stereocenters. The standard InChI is InChI=1S/C16H15BrFNO/c1-19(13-8-3-2-4-9-13)16(20)14(17)11-12-7-5-6-10-15(12)18/h2-10,14H,11H2,1H3. The molecule has 0 N–H and O–H groups in total. The highest BCUT2D eigenvalue weighted by Crippen LogP contribution is 2.19. The van der Waals surface area contributed by atoms with Crippen LogP contribution in [0.5, 0.6) is 0 Å².